The summed E-state index contributed by atoms with van der Waals surface area (Å²) in [5, 5.41) is 3.18. The lowest BCUT2D eigenvalue weighted by Crippen LogP contribution is -2.43. The highest BCUT2D eigenvalue weighted by molar-refractivity contribution is 7.53. The molecule has 116 valence electrons. The summed E-state index contributed by atoms with van der Waals surface area (Å²) in [5.41, 5.74) is 0. The maximum Gasteiger partial charge on any atom is 0.500 e. The van der Waals surface area contributed by atoms with Crippen molar-refractivity contribution in [2.24, 2.45) is 0 Å². The van der Waals surface area contributed by atoms with E-state index in [1.165, 1.54) is 14.2 Å². The van der Waals surface area contributed by atoms with Crippen molar-refractivity contribution in [3.05, 3.63) is 0 Å². The molecule has 0 fully saturated rings. The average Bonchev–Trinajstić information content (AvgIpc) is 2.47. The standard InChI is InChI=1S/C10H26NO6PSi/c1-13-18(12,14-2)9-8-11-7-6-10-19(15-3,16-4)17-5/h11H,6-10H2,1-5H3. The first-order chi connectivity index (χ1) is 9.01. The van der Waals surface area contributed by atoms with Crippen molar-refractivity contribution in [2.45, 2.75) is 12.5 Å². The SMILES string of the molecule is CO[Si](CCCNCCP(=O)(OC)OC)(OC)OC. The fourth-order valence-corrected chi connectivity index (χ4v) is 4.25. The molecule has 7 nitrogen and oxygen atoms in total. The van der Waals surface area contributed by atoms with Crippen LogP contribution in [0.2, 0.25) is 6.04 Å². The summed E-state index contributed by atoms with van der Waals surface area (Å²) in [7, 11) is 2.19. The number of hydrogen-bond donors (Lipinski definition) is 1. The topological polar surface area (TPSA) is 75.3 Å². The molecule has 0 aromatic carbocycles. The van der Waals surface area contributed by atoms with Crippen molar-refractivity contribution in [1.29, 1.82) is 0 Å². The highest BCUT2D eigenvalue weighted by atomic mass is 31.2. The van der Waals surface area contributed by atoms with E-state index in [0.29, 0.717) is 12.7 Å². The van der Waals surface area contributed by atoms with Gasteiger partial charge in [0.05, 0.1) is 6.16 Å². The molecule has 0 aliphatic carbocycles. The quantitative estimate of drug-likeness (QED) is 0.331. The van der Waals surface area contributed by atoms with Crippen LogP contribution in [0.3, 0.4) is 0 Å². The van der Waals surface area contributed by atoms with Crippen LogP contribution in [0.5, 0.6) is 0 Å². The first-order valence-electron chi connectivity index (χ1n) is 6.08. The van der Waals surface area contributed by atoms with E-state index in [4.69, 9.17) is 22.3 Å². The molecule has 0 aliphatic heterocycles. The zero-order valence-electron chi connectivity index (χ0n) is 12.4. The minimum Gasteiger partial charge on any atom is -0.377 e. The number of nitrogens with one attached hydrogen (secondary N) is 1. The van der Waals surface area contributed by atoms with Crippen LogP contribution in [0.15, 0.2) is 0 Å². The molecule has 1 N–H and O–H groups in total. The fourth-order valence-electron chi connectivity index (χ4n) is 1.58. The van der Waals surface area contributed by atoms with Gasteiger partial charge in [0.2, 0.25) is 0 Å². The van der Waals surface area contributed by atoms with Gasteiger partial charge in [0.15, 0.2) is 0 Å². The summed E-state index contributed by atoms with van der Waals surface area (Å²) < 4.78 is 37.4. The third-order valence-electron chi connectivity index (χ3n) is 2.89. The molecule has 0 saturated carbocycles. The molecule has 0 bridgehead atoms. The Morgan fingerprint density at radius 3 is 1.89 bits per heavy atom. The molecule has 0 atom stereocenters. The molecule has 0 rings (SSSR count). The van der Waals surface area contributed by atoms with E-state index in [1.807, 2.05) is 0 Å². The van der Waals surface area contributed by atoms with Gasteiger partial charge in [-0.05, 0) is 13.0 Å². The maximum atomic E-state index is 11.7. The Balaban J connectivity index is 3.79. The van der Waals surface area contributed by atoms with Gasteiger partial charge in [-0.25, -0.2) is 0 Å². The first-order valence-corrected chi connectivity index (χ1v) is 9.74. The van der Waals surface area contributed by atoms with Gasteiger partial charge in [0, 0.05) is 48.1 Å². The van der Waals surface area contributed by atoms with E-state index in [9.17, 15) is 4.57 Å². The van der Waals surface area contributed by atoms with E-state index >= 15 is 0 Å². The first kappa shape index (κ1) is 19.2. The van der Waals surface area contributed by atoms with Gasteiger partial charge >= 0.3 is 16.4 Å². The van der Waals surface area contributed by atoms with Crippen LogP contribution >= 0.6 is 7.60 Å². The van der Waals surface area contributed by atoms with Crippen molar-refractivity contribution in [2.75, 3.05) is 54.8 Å². The Morgan fingerprint density at radius 2 is 1.47 bits per heavy atom. The second kappa shape index (κ2) is 10.0. The normalized spacial score (nSPS) is 12.9. The Labute approximate surface area is 116 Å². The van der Waals surface area contributed by atoms with Crippen LogP contribution in [0, 0.1) is 0 Å². The lowest BCUT2D eigenvalue weighted by molar-refractivity contribution is 0.123. The summed E-state index contributed by atoms with van der Waals surface area (Å²) in [6.45, 7) is 1.33. The molecular weight excluding hydrogens is 289 g/mol. The number of rotatable bonds is 12. The van der Waals surface area contributed by atoms with Gasteiger partial charge < -0.3 is 27.6 Å². The summed E-state index contributed by atoms with van der Waals surface area (Å²) in [6.07, 6.45) is 1.20. The second-order valence-corrected chi connectivity index (χ2v) is 9.34. The molecule has 0 spiro atoms. The molecule has 9 heteroatoms. The highest BCUT2D eigenvalue weighted by Crippen LogP contribution is 2.45. The summed E-state index contributed by atoms with van der Waals surface area (Å²) in [5.74, 6) is 0. The molecule has 19 heavy (non-hydrogen) atoms. The summed E-state index contributed by atoms with van der Waals surface area (Å²) in [6, 6.07) is 0.732. The number of hydrogen-bond acceptors (Lipinski definition) is 7. The maximum absolute atomic E-state index is 11.7. The van der Waals surface area contributed by atoms with E-state index in [-0.39, 0.29) is 0 Å². The van der Waals surface area contributed by atoms with E-state index in [2.05, 4.69) is 5.32 Å². The van der Waals surface area contributed by atoms with Gasteiger partial charge in [-0.15, -0.1) is 0 Å². The fraction of sp³-hybridized carbons (Fsp3) is 1.00. The van der Waals surface area contributed by atoms with Gasteiger partial charge in [0.1, 0.15) is 0 Å². The smallest absolute Gasteiger partial charge is 0.377 e. The van der Waals surface area contributed by atoms with Crippen molar-refractivity contribution in [1.82, 2.24) is 5.32 Å². The minimum atomic E-state index is -2.91. The van der Waals surface area contributed by atoms with Crippen LogP contribution < -0.4 is 5.32 Å². The Bertz CT molecular complexity index is 260. The van der Waals surface area contributed by atoms with Crippen LogP contribution in [0.25, 0.3) is 0 Å². The third kappa shape index (κ3) is 6.96. The largest absolute Gasteiger partial charge is 0.500 e. The molecule has 0 aliphatic rings. The monoisotopic (exact) mass is 315 g/mol. The van der Waals surface area contributed by atoms with E-state index in [1.54, 1.807) is 21.3 Å². The van der Waals surface area contributed by atoms with Crippen molar-refractivity contribution in [3.63, 3.8) is 0 Å². The van der Waals surface area contributed by atoms with Crippen LogP contribution in [-0.2, 0) is 26.9 Å². The molecule has 0 heterocycles. The van der Waals surface area contributed by atoms with E-state index in [0.717, 1.165) is 19.0 Å². The molecule has 0 amide bonds. The molecular formula is C10H26NO6PSi. The molecule has 0 unspecified atom stereocenters. The van der Waals surface area contributed by atoms with Gasteiger partial charge in [0.25, 0.3) is 0 Å². The lowest BCUT2D eigenvalue weighted by Gasteiger charge is -2.24. The third-order valence-corrected chi connectivity index (χ3v) is 7.60. The van der Waals surface area contributed by atoms with Crippen molar-refractivity contribution >= 4 is 16.4 Å². The van der Waals surface area contributed by atoms with Crippen LogP contribution in [0.4, 0.5) is 0 Å². The zero-order chi connectivity index (χ0) is 14.8. The molecule has 0 saturated heterocycles. The lowest BCUT2D eigenvalue weighted by atomic mass is 10.5. The Hall–Kier alpha value is 0.207. The van der Waals surface area contributed by atoms with Gasteiger partial charge in [-0.1, -0.05) is 0 Å². The summed E-state index contributed by atoms with van der Waals surface area (Å²) >= 11 is 0. The van der Waals surface area contributed by atoms with E-state index < -0.39 is 16.4 Å². The Morgan fingerprint density at radius 1 is 0.947 bits per heavy atom. The average molecular weight is 315 g/mol. The molecule has 0 aromatic heterocycles. The predicted molar refractivity (Wildman–Crippen MR) is 75.6 cm³/mol. The predicted octanol–water partition coefficient (Wildman–Crippen LogP) is 1.33. The van der Waals surface area contributed by atoms with Crippen LogP contribution in [0.1, 0.15) is 6.42 Å². The van der Waals surface area contributed by atoms with Gasteiger partial charge in [-0.2, -0.15) is 0 Å². The second-order valence-electron chi connectivity index (χ2n) is 3.85. The Kier molecular flexibility index (Phi) is 10.1. The molecule has 0 radical (unpaired) electrons. The zero-order valence-corrected chi connectivity index (χ0v) is 14.3. The van der Waals surface area contributed by atoms with Crippen molar-refractivity contribution in [3.8, 4) is 0 Å². The minimum absolute atomic E-state index is 0.349. The molecule has 0 aromatic rings. The summed E-state index contributed by atoms with van der Waals surface area (Å²) in [4.78, 5) is 0. The highest BCUT2D eigenvalue weighted by Gasteiger charge is 2.36. The van der Waals surface area contributed by atoms with Crippen molar-refractivity contribution < 1.29 is 26.9 Å². The van der Waals surface area contributed by atoms with Crippen LogP contribution in [-0.4, -0.2) is 63.6 Å². The van der Waals surface area contributed by atoms with Gasteiger partial charge in [-0.3, -0.25) is 4.57 Å².